The molecule has 4 heterocycles. The fraction of sp³-hybridized carbons (Fsp3) is 0.591. The SMILES string of the molecule is O=C(Nc1ccccc1)[C@H]1CN2CCC1C[C@@H]2Cn1cc(C2(O)CCCC2)nn1. The van der Waals surface area contributed by atoms with Gasteiger partial charge in [0.15, 0.2) is 0 Å². The molecular formula is C22H29N5O2. The monoisotopic (exact) mass is 395 g/mol. The Hall–Kier alpha value is -2.25. The lowest BCUT2D eigenvalue weighted by molar-refractivity contribution is -0.127. The zero-order valence-electron chi connectivity index (χ0n) is 16.7. The third kappa shape index (κ3) is 3.69. The van der Waals surface area contributed by atoms with E-state index in [2.05, 4.69) is 20.5 Å². The number of amides is 1. The number of carbonyl (C=O) groups is 1. The van der Waals surface area contributed by atoms with E-state index in [9.17, 15) is 9.90 Å². The van der Waals surface area contributed by atoms with E-state index in [-0.39, 0.29) is 11.8 Å². The number of aromatic nitrogens is 3. The molecule has 1 saturated carbocycles. The number of benzene rings is 1. The van der Waals surface area contributed by atoms with Crippen molar-refractivity contribution in [2.75, 3.05) is 18.4 Å². The van der Waals surface area contributed by atoms with Crippen molar-refractivity contribution in [3.63, 3.8) is 0 Å². The van der Waals surface area contributed by atoms with E-state index >= 15 is 0 Å². The predicted octanol–water partition coefficient (Wildman–Crippen LogP) is 2.39. The molecule has 1 amide bonds. The lowest BCUT2D eigenvalue weighted by Gasteiger charge is -2.49. The highest BCUT2D eigenvalue weighted by Crippen LogP contribution is 2.39. The van der Waals surface area contributed by atoms with Gasteiger partial charge in [-0.2, -0.15) is 0 Å². The van der Waals surface area contributed by atoms with Gasteiger partial charge in [-0.05, 0) is 50.3 Å². The van der Waals surface area contributed by atoms with Crippen LogP contribution in [0.3, 0.4) is 0 Å². The standard InChI is InChI=1S/C22H29N5O2/c28-21(23-17-6-2-1-3-7-17)19-14-26-11-8-16(19)12-18(26)13-27-15-20(24-25-27)22(29)9-4-5-10-22/h1-3,6-7,15-16,18-19,29H,4-5,8-14H2,(H,23,28)/t16?,18-,19+/m1/s1. The van der Waals surface area contributed by atoms with Crippen LogP contribution in [0.2, 0.25) is 0 Å². The first-order chi connectivity index (χ1) is 14.1. The summed E-state index contributed by atoms with van der Waals surface area (Å²) in [6.07, 6.45) is 7.66. The van der Waals surface area contributed by atoms with E-state index in [1.807, 2.05) is 41.2 Å². The Morgan fingerprint density at radius 1 is 1.24 bits per heavy atom. The maximum absolute atomic E-state index is 12.8. The maximum atomic E-state index is 12.8. The third-order valence-electron chi connectivity index (χ3n) is 7.10. The smallest absolute Gasteiger partial charge is 0.229 e. The fourth-order valence-corrected chi connectivity index (χ4v) is 5.41. The topological polar surface area (TPSA) is 83.3 Å². The zero-order chi connectivity index (χ0) is 19.8. The molecule has 0 spiro atoms. The summed E-state index contributed by atoms with van der Waals surface area (Å²) >= 11 is 0. The number of nitrogens with one attached hydrogen (secondary N) is 1. The largest absolute Gasteiger partial charge is 0.383 e. The average molecular weight is 396 g/mol. The summed E-state index contributed by atoms with van der Waals surface area (Å²) in [5.74, 6) is 0.595. The van der Waals surface area contributed by atoms with Crippen molar-refractivity contribution in [2.45, 2.75) is 56.7 Å². The van der Waals surface area contributed by atoms with Crippen molar-refractivity contribution in [3.8, 4) is 0 Å². The van der Waals surface area contributed by atoms with Gasteiger partial charge in [0.2, 0.25) is 5.91 Å². The molecule has 2 aromatic rings. The number of hydrogen-bond acceptors (Lipinski definition) is 5. The number of nitrogens with zero attached hydrogens (tertiary/aromatic N) is 4. The predicted molar refractivity (Wildman–Crippen MR) is 109 cm³/mol. The van der Waals surface area contributed by atoms with Crippen LogP contribution in [0.4, 0.5) is 5.69 Å². The molecule has 3 saturated heterocycles. The molecule has 29 heavy (non-hydrogen) atoms. The van der Waals surface area contributed by atoms with Gasteiger partial charge in [0, 0.05) is 18.3 Å². The van der Waals surface area contributed by atoms with Crippen LogP contribution >= 0.6 is 0 Å². The van der Waals surface area contributed by atoms with E-state index in [0.29, 0.717) is 17.7 Å². The van der Waals surface area contributed by atoms with Crippen LogP contribution in [0.15, 0.2) is 36.5 Å². The highest BCUT2D eigenvalue weighted by atomic mass is 16.3. The summed E-state index contributed by atoms with van der Waals surface area (Å²) in [7, 11) is 0. The highest BCUT2D eigenvalue weighted by Gasteiger charge is 2.43. The number of anilines is 1. The van der Waals surface area contributed by atoms with Gasteiger partial charge in [-0.1, -0.05) is 36.3 Å². The number of carbonyl (C=O) groups excluding carboxylic acids is 1. The Kier molecular flexibility index (Phi) is 4.87. The van der Waals surface area contributed by atoms with Gasteiger partial charge >= 0.3 is 0 Å². The van der Waals surface area contributed by atoms with E-state index < -0.39 is 5.60 Å². The Morgan fingerprint density at radius 3 is 2.76 bits per heavy atom. The van der Waals surface area contributed by atoms with Crippen LogP contribution in [-0.4, -0.2) is 50.0 Å². The minimum absolute atomic E-state index is 0.0470. The molecule has 2 bridgehead atoms. The highest BCUT2D eigenvalue weighted by molar-refractivity contribution is 5.93. The van der Waals surface area contributed by atoms with Gasteiger partial charge < -0.3 is 10.4 Å². The first-order valence-corrected chi connectivity index (χ1v) is 10.8. The number of aliphatic hydroxyl groups is 1. The molecule has 4 fully saturated rings. The summed E-state index contributed by atoms with van der Waals surface area (Å²) in [6.45, 7) is 2.61. The van der Waals surface area contributed by atoms with E-state index in [1.165, 1.54) is 0 Å². The van der Waals surface area contributed by atoms with Crippen LogP contribution in [0, 0.1) is 11.8 Å². The van der Waals surface area contributed by atoms with Crippen molar-refractivity contribution in [1.29, 1.82) is 0 Å². The molecule has 1 aromatic carbocycles. The molecule has 1 aromatic heterocycles. The molecule has 2 N–H and O–H groups in total. The molecule has 7 nitrogen and oxygen atoms in total. The lowest BCUT2D eigenvalue weighted by Crippen LogP contribution is -2.57. The van der Waals surface area contributed by atoms with Crippen LogP contribution in [0.5, 0.6) is 0 Å². The van der Waals surface area contributed by atoms with Gasteiger partial charge in [0.1, 0.15) is 11.3 Å². The fourth-order valence-electron chi connectivity index (χ4n) is 5.41. The maximum Gasteiger partial charge on any atom is 0.229 e. The van der Waals surface area contributed by atoms with Crippen LogP contribution in [-0.2, 0) is 16.9 Å². The van der Waals surface area contributed by atoms with Crippen molar-refractivity contribution < 1.29 is 9.90 Å². The first kappa shape index (κ1) is 18.8. The van der Waals surface area contributed by atoms with Gasteiger partial charge in [-0.3, -0.25) is 14.4 Å². The van der Waals surface area contributed by atoms with Gasteiger partial charge in [-0.15, -0.1) is 5.10 Å². The molecule has 6 rings (SSSR count). The molecule has 154 valence electrons. The van der Waals surface area contributed by atoms with E-state index in [1.54, 1.807) is 0 Å². The minimum atomic E-state index is -0.787. The van der Waals surface area contributed by atoms with Crippen LogP contribution in [0.25, 0.3) is 0 Å². The Labute approximate surface area is 171 Å². The second kappa shape index (κ2) is 7.54. The molecule has 4 aliphatic rings. The molecule has 2 unspecified atom stereocenters. The molecule has 0 radical (unpaired) electrons. The van der Waals surface area contributed by atoms with Gasteiger partial charge in [-0.25, -0.2) is 0 Å². The number of piperidine rings is 3. The lowest BCUT2D eigenvalue weighted by atomic mass is 9.75. The minimum Gasteiger partial charge on any atom is -0.383 e. The Morgan fingerprint density at radius 2 is 2.03 bits per heavy atom. The quantitative estimate of drug-likeness (QED) is 0.812. The van der Waals surface area contributed by atoms with Crippen LogP contribution in [0.1, 0.15) is 44.2 Å². The van der Waals surface area contributed by atoms with Crippen molar-refractivity contribution in [3.05, 3.63) is 42.2 Å². The molecule has 7 heteroatoms. The summed E-state index contributed by atoms with van der Waals surface area (Å²) in [5.41, 5.74) is 0.793. The second-order valence-electron chi connectivity index (χ2n) is 8.96. The van der Waals surface area contributed by atoms with E-state index in [0.717, 1.165) is 63.8 Å². The second-order valence-corrected chi connectivity index (χ2v) is 8.96. The summed E-state index contributed by atoms with van der Waals surface area (Å²) in [6, 6.07) is 10.1. The van der Waals surface area contributed by atoms with E-state index in [4.69, 9.17) is 0 Å². The van der Waals surface area contributed by atoms with Gasteiger partial charge in [0.25, 0.3) is 0 Å². The number of para-hydroxylation sites is 1. The first-order valence-electron chi connectivity index (χ1n) is 10.8. The third-order valence-corrected chi connectivity index (χ3v) is 7.10. The number of fused-ring (bicyclic) bond motifs is 3. The molecule has 3 aliphatic heterocycles. The van der Waals surface area contributed by atoms with Crippen molar-refractivity contribution in [1.82, 2.24) is 19.9 Å². The summed E-state index contributed by atoms with van der Waals surface area (Å²) in [4.78, 5) is 15.2. The number of hydrogen-bond donors (Lipinski definition) is 2. The van der Waals surface area contributed by atoms with Crippen LogP contribution < -0.4 is 5.32 Å². The number of rotatable bonds is 5. The summed E-state index contributed by atoms with van der Waals surface area (Å²) < 4.78 is 1.88. The molecule has 1 aliphatic carbocycles. The molecule has 4 atom stereocenters. The Bertz CT molecular complexity index is 861. The zero-order valence-corrected chi connectivity index (χ0v) is 16.7. The average Bonchev–Trinajstić information content (AvgIpc) is 3.39. The van der Waals surface area contributed by atoms with Crippen molar-refractivity contribution in [2.24, 2.45) is 11.8 Å². The normalized spacial score (nSPS) is 30.4. The van der Waals surface area contributed by atoms with Gasteiger partial charge in [0.05, 0.1) is 18.7 Å². The van der Waals surface area contributed by atoms with Crippen molar-refractivity contribution >= 4 is 11.6 Å². The summed E-state index contributed by atoms with van der Waals surface area (Å²) in [5, 5.41) is 22.4. The Balaban J connectivity index is 1.22. The molecular weight excluding hydrogens is 366 g/mol.